The summed E-state index contributed by atoms with van der Waals surface area (Å²) < 4.78 is 28.6. The molecule has 0 aliphatic rings. The summed E-state index contributed by atoms with van der Waals surface area (Å²) in [6.07, 6.45) is 9.15. The van der Waals surface area contributed by atoms with Crippen LogP contribution in [0.25, 0.3) is 6.08 Å². The lowest BCUT2D eigenvalue weighted by Crippen LogP contribution is -2.31. The van der Waals surface area contributed by atoms with Gasteiger partial charge in [0.15, 0.2) is 0 Å². The summed E-state index contributed by atoms with van der Waals surface area (Å²) in [5.74, 6) is -2.85. The Kier molecular flexibility index (Phi) is 13.0. The van der Waals surface area contributed by atoms with E-state index >= 15 is 0 Å². The largest absolute Gasteiger partial charge is 0.387 e. The summed E-state index contributed by atoms with van der Waals surface area (Å²) in [6.45, 7) is 5.08. The first-order valence-electron chi connectivity index (χ1n) is 14.3. The molecule has 0 fully saturated rings. The second-order valence-corrected chi connectivity index (χ2v) is 10.2. The van der Waals surface area contributed by atoms with Gasteiger partial charge in [-0.3, -0.25) is 9.69 Å². The molecule has 2 N–H and O–H groups in total. The molecule has 40 heavy (non-hydrogen) atoms. The summed E-state index contributed by atoms with van der Waals surface area (Å²) >= 11 is 0. The molecule has 214 valence electrons. The van der Waals surface area contributed by atoms with E-state index in [1.807, 2.05) is 19.2 Å². The summed E-state index contributed by atoms with van der Waals surface area (Å²) in [5, 5.41) is 6.23. The maximum Gasteiger partial charge on any atom is 0.285 e. The molecular formula is C34H43F2N3O. The molecular weight excluding hydrogens is 504 g/mol. The number of hydrogen-bond donors (Lipinski definition) is 2. The van der Waals surface area contributed by atoms with Gasteiger partial charge in [-0.1, -0.05) is 85.6 Å². The van der Waals surface area contributed by atoms with Crippen LogP contribution in [-0.2, 0) is 23.7 Å². The van der Waals surface area contributed by atoms with E-state index in [2.05, 4.69) is 58.9 Å². The first-order valence-corrected chi connectivity index (χ1v) is 14.3. The average molecular weight is 548 g/mol. The lowest BCUT2D eigenvalue weighted by molar-refractivity contribution is -0.104. The van der Waals surface area contributed by atoms with Crippen LogP contribution in [0.1, 0.15) is 53.5 Å². The van der Waals surface area contributed by atoms with E-state index in [-0.39, 0.29) is 12.1 Å². The van der Waals surface area contributed by atoms with Crippen molar-refractivity contribution in [3.63, 3.8) is 0 Å². The summed E-state index contributed by atoms with van der Waals surface area (Å²) in [4.78, 5) is 13.5. The Bertz CT molecular complexity index is 1180. The van der Waals surface area contributed by atoms with Gasteiger partial charge in [-0.2, -0.15) is 8.78 Å². The number of aryl methyl sites for hydroxylation is 1. The molecule has 0 aliphatic heterocycles. The minimum absolute atomic E-state index is 0.0562. The molecule has 0 spiro atoms. The number of benzene rings is 3. The molecule has 3 rings (SSSR count). The van der Waals surface area contributed by atoms with Gasteiger partial charge in [0, 0.05) is 37.0 Å². The van der Waals surface area contributed by atoms with Crippen LogP contribution in [0.15, 0.2) is 78.9 Å². The molecule has 0 radical (unpaired) electrons. The number of carbonyl (C=O) groups excluding carboxylic acids is 1. The SMILES string of the molecule is CNc1c(C)ccc(CCN(CCCCCCNCC(F)(F)c2ccccc2)Cc2ccccc2)c1/C=C\C=O. The second kappa shape index (κ2) is 16.7. The quantitative estimate of drug-likeness (QED) is 0.100. The third-order valence-electron chi connectivity index (χ3n) is 7.20. The zero-order chi connectivity index (χ0) is 28.6. The Hall–Kier alpha value is -3.35. The lowest BCUT2D eigenvalue weighted by atomic mass is 9.98. The van der Waals surface area contributed by atoms with Crippen LogP contribution in [0.4, 0.5) is 14.5 Å². The zero-order valence-corrected chi connectivity index (χ0v) is 23.8. The zero-order valence-electron chi connectivity index (χ0n) is 23.8. The minimum Gasteiger partial charge on any atom is -0.387 e. The molecule has 0 amide bonds. The Balaban J connectivity index is 1.49. The molecule has 0 aliphatic carbocycles. The topological polar surface area (TPSA) is 44.4 Å². The van der Waals surface area contributed by atoms with Crippen LogP contribution in [0.2, 0.25) is 0 Å². The van der Waals surface area contributed by atoms with Gasteiger partial charge in [0.1, 0.15) is 6.29 Å². The molecule has 6 heteroatoms. The molecule has 0 bridgehead atoms. The summed E-state index contributed by atoms with van der Waals surface area (Å²) in [5.41, 5.74) is 5.83. The number of allylic oxidation sites excluding steroid dienone is 1. The predicted octanol–water partition coefficient (Wildman–Crippen LogP) is 7.24. The first kappa shape index (κ1) is 31.2. The van der Waals surface area contributed by atoms with Crippen LogP contribution < -0.4 is 10.6 Å². The highest BCUT2D eigenvalue weighted by molar-refractivity contribution is 5.80. The number of aldehydes is 1. The first-order chi connectivity index (χ1) is 19.4. The van der Waals surface area contributed by atoms with Crippen molar-refractivity contribution in [2.45, 2.75) is 51.5 Å². The van der Waals surface area contributed by atoms with Gasteiger partial charge in [-0.25, -0.2) is 0 Å². The number of halogens is 2. The standard InChI is InChI=1S/C34H43F2N3O/c1-28-19-20-30(32(18-13-25-40)33(28)37-2)21-24-39(26-29-14-7-5-8-15-29)23-12-4-3-11-22-38-27-34(35,36)31-16-9-6-10-17-31/h5-10,13-20,25,37-38H,3-4,11-12,21-24,26-27H2,1-2H3/b18-13-. The fourth-order valence-electron chi connectivity index (χ4n) is 5.01. The van der Waals surface area contributed by atoms with Gasteiger partial charge < -0.3 is 10.6 Å². The van der Waals surface area contributed by atoms with Gasteiger partial charge in [0.05, 0.1) is 6.54 Å². The molecule has 0 aromatic heterocycles. The lowest BCUT2D eigenvalue weighted by Gasteiger charge is -2.24. The van der Waals surface area contributed by atoms with E-state index in [9.17, 15) is 13.6 Å². The number of alkyl halides is 2. The minimum atomic E-state index is -2.85. The fourth-order valence-corrected chi connectivity index (χ4v) is 5.01. The Labute approximate surface area is 238 Å². The molecule has 4 nitrogen and oxygen atoms in total. The Morgan fingerprint density at radius 2 is 1.57 bits per heavy atom. The summed E-state index contributed by atoms with van der Waals surface area (Å²) in [6, 6.07) is 22.8. The van der Waals surface area contributed by atoms with Crippen molar-refractivity contribution in [3.8, 4) is 0 Å². The van der Waals surface area contributed by atoms with Gasteiger partial charge >= 0.3 is 0 Å². The van der Waals surface area contributed by atoms with Crippen LogP contribution in [0.3, 0.4) is 0 Å². The third-order valence-corrected chi connectivity index (χ3v) is 7.20. The van der Waals surface area contributed by atoms with Crippen molar-refractivity contribution in [2.75, 3.05) is 38.5 Å². The third kappa shape index (κ3) is 10.00. The van der Waals surface area contributed by atoms with Crippen LogP contribution in [0, 0.1) is 6.92 Å². The molecule has 0 unspecified atom stereocenters. The van der Waals surface area contributed by atoms with E-state index in [0.29, 0.717) is 6.54 Å². The van der Waals surface area contributed by atoms with Crippen LogP contribution >= 0.6 is 0 Å². The van der Waals surface area contributed by atoms with E-state index in [1.165, 1.54) is 23.3 Å². The maximum absolute atomic E-state index is 14.3. The Morgan fingerprint density at radius 3 is 2.27 bits per heavy atom. The second-order valence-electron chi connectivity index (χ2n) is 10.2. The van der Waals surface area contributed by atoms with Gasteiger partial charge in [-0.05, 0) is 68.1 Å². The molecule has 0 saturated heterocycles. The number of anilines is 1. The number of nitrogens with zero attached hydrogens (tertiary/aromatic N) is 1. The molecule has 3 aromatic carbocycles. The van der Waals surface area contributed by atoms with Gasteiger partial charge in [0.25, 0.3) is 5.92 Å². The normalized spacial score (nSPS) is 11.8. The van der Waals surface area contributed by atoms with E-state index in [1.54, 1.807) is 24.3 Å². The van der Waals surface area contributed by atoms with Crippen molar-refractivity contribution in [3.05, 3.63) is 107 Å². The van der Waals surface area contributed by atoms with Crippen LogP contribution in [-0.4, -0.2) is 44.4 Å². The maximum atomic E-state index is 14.3. The predicted molar refractivity (Wildman–Crippen MR) is 163 cm³/mol. The van der Waals surface area contributed by atoms with E-state index < -0.39 is 5.92 Å². The number of hydrogen-bond acceptors (Lipinski definition) is 4. The van der Waals surface area contributed by atoms with Gasteiger partial charge in [-0.15, -0.1) is 0 Å². The molecule has 3 aromatic rings. The number of carbonyl (C=O) groups is 1. The van der Waals surface area contributed by atoms with Crippen molar-refractivity contribution in [1.82, 2.24) is 10.2 Å². The Morgan fingerprint density at radius 1 is 0.875 bits per heavy atom. The van der Waals surface area contributed by atoms with Crippen molar-refractivity contribution in [1.29, 1.82) is 0 Å². The molecule has 0 saturated carbocycles. The average Bonchev–Trinajstić information content (AvgIpc) is 2.97. The number of rotatable bonds is 18. The molecule has 0 heterocycles. The van der Waals surface area contributed by atoms with Crippen LogP contribution in [0.5, 0.6) is 0 Å². The van der Waals surface area contributed by atoms with Crippen molar-refractivity contribution < 1.29 is 13.6 Å². The smallest absolute Gasteiger partial charge is 0.285 e. The fraction of sp³-hybridized carbons (Fsp3) is 0.382. The molecule has 0 atom stereocenters. The number of nitrogens with one attached hydrogen (secondary N) is 2. The highest BCUT2D eigenvalue weighted by Gasteiger charge is 2.30. The van der Waals surface area contributed by atoms with Gasteiger partial charge in [0.2, 0.25) is 0 Å². The van der Waals surface area contributed by atoms with E-state index in [4.69, 9.17) is 0 Å². The summed E-state index contributed by atoms with van der Waals surface area (Å²) in [7, 11) is 1.91. The highest BCUT2D eigenvalue weighted by Crippen LogP contribution is 2.27. The van der Waals surface area contributed by atoms with E-state index in [0.717, 1.165) is 74.8 Å². The monoisotopic (exact) mass is 547 g/mol. The van der Waals surface area contributed by atoms with Crippen molar-refractivity contribution >= 4 is 18.0 Å². The van der Waals surface area contributed by atoms with Crippen molar-refractivity contribution in [2.24, 2.45) is 0 Å². The highest BCUT2D eigenvalue weighted by atomic mass is 19.3. The number of unbranched alkanes of at least 4 members (excludes halogenated alkanes) is 3.